The molecule has 2 N–H and O–H groups in total. The Balaban J connectivity index is 1.45. The van der Waals surface area contributed by atoms with E-state index in [2.05, 4.69) is 15.6 Å². The highest BCUT2D eigenvalue weighted by Crippen LogP contribution is 2.32. The van der Waals surface area contributed by atoms with E-state index in [4.69, 9.17) is 16.7 Å². The second kappa shape index (κ2) is 9.82. The fourth-order valence-corrected chi connectivity index (χ4v) is 4.44. The van der Waals surface area contributed by atoms with Gasteiger partial charge in [0.15, 0.2) is 11.5 Å². The van der Waals surface area contributed by atoms with E-state index in [0.717, 1.165) is 10.2 Å². The number of nitrogens with zero attached hydrogens (tertiary/aromatic N) is 4. The van der Waals surface area contributed by atoms with Crippen LogP contribution >= 0.6 is 11.6 Å². The molecule has 186 valence electrons. The molecule has 0 bridgehead atoms. The van der Waals surface area contributed by atoms with Crippen LogP contribution in [0.2, 0.25) is 5.02 Å². The normalized spacial score (nSPS) is 14.6. The zero-order valence-electron chi connectivity index (χ0n) is 19.1. The van der Waals surface area contributed by atoms with Gasteiger partial charge in [-0.3, -0.25) is 9.59 Å². The average Bonchev–Trinajstić information content (AvgIpc) is 3.39. The number of benzene rings is 3. The zero-order valence-corrected chi connectivity index (χ0v) is 19.9. The van der Waals surface area contributed by atoms with E-state index in [0.29, 0.717) is 17.7 Å². The molecule has 1 aliphatic heterocycles. The molecule has 0 fully saturated rings. The van der Waals surface area contributed by atoms with Gasteiger partial charge in [-0.15, -0.1) is 5.10 Å². The molecule has 1 atom stereocenters. The predicted molar refractivity (Wildman–Crippen MR) is 132 cm³/mol. The van der Waals surface area contributed by atoms with Gasteiger partial charge in [0.05, 0.1) is 16.8 Å². The fraction of sp³-hybridized carbons (Fsp3) is 0.115. The maximum Gasteiger partial charge on any atom is 0.335 e. The van der Waals surface area contributed by atoms with Crippen molar-refractivity contribution in [3.8, 4) is 5.69 Å². The smallest absolute Gasteiger partial charge is 0.335 e. The number of aromatic carboxylic acids is 1. The van der Waals surface area contributed by atoms with E-state index >= 15 is 0 Å². The molecule has 37 heavy (non-hydrogen) atoms. The van der Waals surface area contributed by atoms with Crippen molar-refractivity contribution in [2.75, 3.05) is 11.9 Å². The molecule has 2 heterocycles. The Morgan fingerprint density at radius 3 is 2.54 bits per heavy atom. The van der Waals surface area contributed by atoms with E-state index in [9.17, 15) is 18.8 Å². The Kier molecular flexibility index (Phi) is 6.41. The van der Waals surface area contributed by atoms with Crippen molar-refractivity contribution in [1.29, 1.82) is 0 Å². The second-order valence-corrected chi connectivity index (χ2v) is 8.75. The van der Waals surface area contributed by atoms with Gasteiger partial charge in [-0.2, -0.15) is 0 Å². The lowest BCUT2D eigenvalue weighted by Crippen LogP contribution is -2.45. The lowest BCUT2D eigenvalue weighted by atomic mass is 9.91. The predicted octanol–water partition coefficient (Wildman–Crippen LogP) is 4.14. The summed E-state index contributed by atoms with van der Waals surface area (Å²) >= 11 is 5.86. The number of carbonyl (C=O) groups is 3. The van der Waals surface area contributed by atoms with Crippen LogP contribution < -0.4 is 5.32 Å². The third kappa shape index (κ3) is 4.66. The van der Waals surface area contributed by atoms with Gasteiger partial charge in [-0.05, 0) is 53.9 Å². The second-order valence-electron chi connectivity index (χ2n) is 8.34. The molecule has 9 nitrogen and oxygen atoms in total. The molecule has 0 spiro atoms. The van der Waals surface area contributed by atoms with E-state index in [-0.39, 0.29) is 28.5 Å². The third-order valence-corrected chi connectivity index (χ3v) is 6.37. The summed E-state index contributed by atoms with van der Waals surface area (Å²) in [5.41, 5.74) is 2.02. The Hall–Kier alpha value is -4.57. The highest BCUT2D eigenvalue weighted by Gasteiger charge is 2.37. The molecular formula is C26H19ClFN5O4. The molecule has 5 rings (SSSR count). The maximum absolute atomic E-state index is 14.5. The van der Waals surface area contributed by atoms with Crippen LogP contribution in [-0.2, 0) is 11.2 Å². The number of fused-ring (bicyclic) bond motifs is 1. The van der Waals surface area contributed by atoms with Gasteiger partial charge < -0.3 is 15.3 Å². The molecule has 11 heteroatoms. The van der Waals surface area contributed by atoms with Gasteiger partial charge in [-0.1, -0.05) is 47.1 Å². The van der Waals surface area contributed by atoms with Crippen molar-refractivity contribution in [2.24, 2.45) is 0 Å². The molecule has 4 aromatic rings. The molecule has 3 aromatic carbocycles. The highest BCUT2D eigenvalue weighted by atomic mass is 35.5. The molecule has 0 aliphatic carbocycles. The van der Waals surface area contributed by atoms with Crippen LogP contribution in [0.4, 0.5) is 10.1 Å². The number of carboxylic acids is 1. The minimum atomic E-state index is -1.08. The summed E-state index contributed by atoms with van der Waals surface area (Å²) < 4.78 is 15.6. The summed E-state index contributed by atoms with van der Waals surface area (Å²) in [5, 5.41) is 19.6. The number of amides is 2. The first-order chi connectivity index (χ1) is 17.8. The standard InChI is InChI=1S/C26H19ClFN5O4/c27-19-6-3-7-21(22(19)28)33-14-20(30-31-33)25(35)32-13-12-15-4-1-2-5-18(15)23(32)24(34)29-17-10-8-16(9-11-17)26(36)37/h1-11,14,23H,12-13H2,(H,29,34)(H,36,37). The Morgan fingerprint density at radius 2 is 1.78 bits per heavy atom. The Morgan fingerprint density at radius 1 is 1.03 bits per heavy atom. The molecule has 1 unspecified atom stereocenters. The number of aromatic nitrogens is 3. The topological polar surface area (TPSA) is 117 Å². The molecule has 0 saturated heterocycles. The first-order valence-electron chi connectivity index (χ1n) is 11.2. The summed E-state index contributed by atoms with van der Waals surface area (Å²) in [6.45, 7) is 0.240. The summed E-state index contributed by atoms with van der Waals surface area (Å²) in [4.78, 5) is 39.5. The van der Waals surface area contributed by atoms with Crippen LogP contribution in [0.1, 0.15) is 38.0 Å². The monoisotopic (exact) mass is 519 g/mol. The summed E-state index contributed by atoms with van der Waals surface area (Å²) in [7, 11) is 0. The summed E-state index contributed by atoms with van der Waals surface area (Å²) in [6.07, 6.45) is 1.81. The van der Waals surface area contributed by atoms with Crippen LogP contribution in [-0.4, -0.2) is 49.3 Å². The van der Waals surface area contributed by atoms with E-state index in [1.807, 2.05) is 12.1 Å². The van der Waals surface area contributed by atoms with Gasteiger partial charge in [0.1, 0.15) is 11.7 Å². The molecule has 0 radical (unpaired) electrons. The first kappa shape index (κ1) is 24.1. The largest absolute Gasteiger partial charge is 0.478 e. The maximum atomic E-state index is 14.5. The average molecular weight is 520 g/mol. The minimum Gasteiger partial charge on any atom is -0.478 e. The summed E-state index contributed by atoms with van der Waals surface area (Å²) in [5.74, 6) is -2.81. The number of halogens is 2. The molecule has 1 aromatic heterocycles. The lowest BCUT2D eigenvalue weighted by molar-refractivity contribution is -0.121. The first-order valence-corrected chi connectivity index (χ1v) is 11.6. The van der Waals surface area contributed by atoms with Crippen LogP contribution in [0.15, 0.2) is 72.9 Å². The van der Waals surface area contributed by atoms with Crippen molar-refractivity contribution >= 4 is 35.1 Å². The van der Waals surface area contributed by atoms with Gasteiger partial charge in [0, 0.05) is 12.2 Å². The van der Waals surface area contributed by atoms with Crippen molar-refractivity contribution in [1.82, 2.24) is 19.9 Å². The summed E-state index contributed by atoms with van der Waals surface area (Å²) in [6, 6.07) is 16.5. The number of anilines is 1. The lowest BCUT2D eigenvalue weighted by Gasteiger charge is -2.36. The molecule has 0 saturated carbocycles. The fourth-order valence-electron chi connectivity index (χ4n) is 4.27. The van der Waals surface area contributed by atoms with Crippen molar-refractivity contribution in [3.63, 3.8) is 0 Å². The van der Waals surface area contributed by atoms with Crippen LogP contribution in [0.5, 0.6) is 0 Å². The number of hydrogen-bond acceptors (Lipinski definition) is 5. The van der Waals surface area contributed by atoms with Crippen LogP contribution in [0, 0.1) is 5.82 Å². The van der Waals surface area contributed by atoms with Crippen molar-refractivity contribution < 1.29 is 23.9 Å². The van der Waals surface area contributed by atoms with Crippen molar-refractivity contribution in [2.45, 2.75) is 12.5 Å². The minimum absolute atomic E-state index is 0.0298. The van der Waals surface area contributed by atoms with E-state index in [1.165, 1.54) is 47.5 Å². The third-order valence-electron chi connectivity index (χ3n) is 6.08. The SMILES string of the molecule is O=C(O)c1ccc(NC(=O)C2c3ccccc3CCN2C(=O)c2cn(-c3cccc(Cl)c3F)nn2)cc1. The Bertz CT molecular complexity index is 1520. The van der Waals surface area contributed by atoms with Crippen molar-refractivity contribution in [3.05, 3.63) is 106 Å². The molecule has 2 amide bonds. The Labute approximate surface area is 215 Å². The number of carbonyl (C=O) groups excluding carboxylic acids is 2. The van der Waals surface area contributed by atoms with E-state index < -0.39 is 29.6 Å². The quantitative estimate of drug-likeness (QED) is 0.409. The van der Waals surface area contributed by atoms with Crippen LogP contribution in [0.25, 0.3) is 5.69 Å². The van der Waals surface area contributed by atoms with Gasteiger partial charge >= 0.3 is 5.97 Å². The van der Waals surface area contributed by atoms with Gasteiger partial charge in [0.2, 0.25) is 0 Å². The molecule has 1 aliphatic rings. The van der Waals surface area contributed by atoms with Crippen LogP contribution in [0.3, 0.4) is 0 Å². The number of rotatable bonds is 5. The highest BCUT2D eigenvalue weighted by molar-refractivity contribution is 6.30. The van der Waals surface area contributed by atoms with Gasteiger partial charge in [-0.25, -0.2) is 13.9 Å². The number of carboxylic acid groups (broad SMARTS) is 1. The zero-order chi connectivity index (χ0) is 26.1. The van der Waals surface area contributed by atoms with E-state index in [1.54, 1.807) is 18.2 Å². The number of hydrogen-bond donors (Lipinski definition) is 2. The number of nitrogens with one attached hydrogen (secondary N) is 1. The van der Waals surface area contributed by atoms with Gasteiger partial charge in [0.25, 0.3) is 11.8 Å². The molecular weight excluding hydrogens is 501 g/mol.